The summed E-state index contributed by atoms with van der Waals surface area (Å²) in [5, 5.41) is 14.7. The second-order valence-electron chi connectivity index (χ2n) is 4.90. The van der Waals surface area contributed by atoms with Crippen molar-refractivity contribution in [2.45, 2.75) is 6.54 Å². The van der Waals surface area contributed by atoms with E-state index in [0.29, 0.717) is 23.0 Å². The molecular weight excluding hydrogens is 304 g/mol. The van der Waals surface area contributed by atoms with Gasteiger partial charge in [-0.3, -0.25) is 10.1 Å². The normalized spacial score (nSPS) is 10.8. The van der Waals surface area contributed by atoms with Crippen molar-refractivity contribution in [2.24, 2.45) is 7.05 Å². The molecule has 0 spiro atoms. The van der Waals surface area contributed by atoms with Crippen molar-refractivity contribution in [1.82, 2.24) is 9.55 Å². The van der Waals surface area contributed by atoms with Crippen molar-refractivity contribution in [1.29, 1.82) is 0 Å². The largest absolute Gasteiger partial charge is 0.352 e. The van der Waals surface area contributed by atoms with E-state index < -0.39 is 4.92 Å². The first kappa shape index (κ1) is 14.3. The number of halogens is 1. The maximum atomic E-state index is 10.8. The molecule has 0 saturated carbocycles. The van der Waals surface area contributed by atoms with Crippen LogP contribution in [0, 0.1) is 10.1 Å². The predicted octanol–water partition coefficient (Wildman–Crippen LogP) is 3.75. The van der Waals surface area contributed by atoms with Crippen LogP contribution in [0.1, 0.15) is 5.56 Å². The van der Waals surface area contributed by atoms with Crippen molar-refractivity contribution in [2.75, 3.05) is 5.32 Å². The van der Waals surface area contributed by atoms with Gasteiger partial charge in [0.05, 0.1) is 16.0 Å². The summed E-state index contributed by atoms with van der Waals surface area (Å²) in [6, 6.07) is 12.2. The van der Waals surface area contributed by atoms with Gasteiger partial charge in [-0.25, -0.2) is 4.98 Å². The van der Waals surface area contributed by atoms with E-state index in [1.165, 1.54) is 12.1 Å². The monoisotopic (exact) mass is 316 g/mol. The van der Waals surface area contributed by atoms with E-state index in [9.17, 15) is 10.1 Å². The van der Waals surface area contributed by atoms with Crippen molar-refractivity contribution >= 4 is 34.3 Å². The molecule has 0 bridgehead atoms. The maximum Gasteiger partial charge on any atom is 0.271 e. The van der Waals surface area contributed by atoms with Crippen LogP contribution in [0.15, 0.2) is 42.5 Å². The van der Waals surface area contributed by atoms with Crippen molar-refractivity contribution in [3.8, 4) is 0 Å². The average Bonchev–Trinajstić information content (AvgIpc) is 2.82. The summed E-state index contributed by atoms with van der Waals surface area (Å²) in [5.74, 6) is 0.658. The molecule has 2 aromatic carbocycles. The number of nitro groups is 1. The van der Waals surface area contributed by atoms with E-state index >= 15 is 0 Å². The first-order chi connectivity index (χ1) is 10.5. The zero-order valence-electron chi connectivity index (χ0n) is 11.8. The summed E-state index contributed by atoms with van der Waals surface area (Å²) in [6.45, 7) is 0.594. The van der Waals surface area contributed by atoms with E-state index in [4.69, 9.17) is 11.6 Å². The standard InChI is InChI=1S/C15H13ClN4O2/c1-19-14-7-6-12(20(21)22)8-13(14)18-15(19)17-9-10-2-4-11(16)5-3-10/h2-8H,9H2,1H3,(H,17,18). The molecule has 0 atom stereocenters. The summed E-state index contributed by atoms with van der Waals surface area (Å²) in [6.07, 6.45) is 0. The number of nitrogens with zero attached hydrogens (tertiary/aromatic N) is 3. The minimum Gasteiger partial charge on any atom is -0.352 e. The van der Waals surface area contributed by atoms with Crippen molar-refractivity contribution in [3.05, 3.63) is 63.2 Å². The molecule has 0 unspecified atom stereocenters. The topological polar surface area (TPSA) is 73.0 Å². The molecule has 1 aromatic heterocycles. The molecule has 0 amide bonds. The second-order valence-corrected chi connectivity index (χ2v) is 5.34. The Bertz CT molecular complexity index is 843. The molecule has 3 aromatic rings. The highest BCUT2D eigenvalue weighted by molar-refractivity contribution is 6.30. The van der Waals surface area contributed by atoms with E-state index in [0.717, 1.165) is 11.1 Å². The van der Waals surface area contributed by atoms with Gasteiger partial charge in [0.15, 0.2) is 0 Å². The number of nitrogens with one attached hydrogen (secondary N) is 1. The zero-order valence-corrected chi connectivity index (χ0v) is 12.5. The number of hydrogen-bond donors (Lipinski definition) is 1. The fourth-order valence-electron chi connectivity index (χ4n) is 2.24. The number of aryl methyl sites for hydroxylation is 1. The first-order valence-electron chi connectivity index (χ1n) is 6.64. The van der Waals surface area contributed by atoms with Crippen LogP contribution < -0.4 is 5.32 Å². The second kappa shape index (κ2) is 5.65. The van der Waals surface area contributed by atoms with E-state index in [2.05, 4.69) is 10.3 Å². The minimum absolute atomic E-state index is 0.0369. The van der Waals surface area contributed by atoms with Crippen LogP contribution in [0.2, 0.25) is 5.02 Å². The Morgan fingerprint density at radius 2 is 2.00 bits per heavy atom. The Labute approximate surface area is 131 Å². The third-order valence-corrected chi connectivity index (χ3v) is 3.69. The molecule has 0 fully saturated rings. The van der Waals surface area contributed by atoms with Crippen LogP contribution >= 0.6 is 11.6 Å². The quantitative estimate of drug-likeness (QED) is 0.587. The molecule has 22 heavy (non-hydrogen) atoms. The van der Waals surface area contributed by atoms with E-state index in [-0.39, 0.29) is 5.69 Å². The van der Waals surface area contributed by atoms with Gasteiger partial charge in [0.25, 0.3) is 5.69 Å². The lowest BCUT2D eigenvalue weighted by molar-refractivity contribution is -0.384. The Hall–Kier alpha value is -2.60. The maximum absolute atomic E-state index is 10.8. The first-order valence-corrected chi connectivity index (χ1v) is 7.01. The van der Waals surface area contributed by atoms with Crippen molar-refractivity contribution in [3.63, 3.8) is 0 Å². The minimum atomic E-state index is -0.422. The molecule has 0 aliphatic carbocycles. The Kier molecular flexibility index (Phi) is 3.68. The lowest BCUT2D eigenvalue weighted by Crippen LogP contribution is -2.04. The molecule has 7 heteroatoms. The molecule has 0 aliphatic heterocycles. The average molecular weight is 317 g/mol. The van der Waals surface area contributed by atoms with E-state index in [1.54, 1.807) is 6.07 Å². The highest BCUT2D eigenvalue weighted by atomic mass is 35.5. The van der Waals surface area contributed by atoms with Crippen molar-refractivity contribution < 1.29 is 4.92 Å². The highest BCUT2D eigenvalue weighted by Crippen LogP contribution is 2.23. The van der Waals surface area contributed by atoms with Gasteiger partial charge in [0.1, 0.15) is 0 Å². The summed E-state index contributed by atoms with van der Waals surface area (Å²) in [4.78, 5) is 14.8. The molecule has 6 nitrogen and oxygen atoms in total. The van der Waals surface area contributed by atoms with Crippen LogP contribution in [0.5, 0.6) is 0 Å². The summed E-state index contributed by atoms with van der Waals surface area (Å²) in [5.41, 5.74) is 2.54. The van der Waals surface area contributed by atoms with Crippen LogP contribution in [-0.2, 0) is 13.6 Å². The Morgan fingerprint density at radius 3 is 2.68 bits per heavy atom. The smallest absolute Gasteiger partial charge is 0.271 e. The lowest BCUT2D eigenvalue weighted by Gasteiger charge is -2.06. The Balaban J connectivity index is 1.86. The summed E-state index contributed by atoms with van der Waals surface area (Å²) in [7, 11) is 1.87. The molecule has 1 heterocycles. The summed E-state index contributed by atoms with van der Waals surface area (Å²) >= 11 is 5.86. The number of nitro benzene ring substituents is 1. The number of hydrogen-bond acceptors (Lipinski definition) is 4. The number of benzene rings is 2. The van der Waals surface area contributed by atoms with Crippen LogP contribution in [0.3, 0.4) is 0 Å². The SMILES string of the molecule is Cn1c(NCc2ccc(Cl)cc2)nc2cc([N+](=O)[O-])ccc21. The van der Waals surface area contributed by atoms with Gasteiger partial charge >= 0.3 is 0 Å². The molecule has 3 rings (SSSR count). The van der Waals surface area contributed by atoms with Crippen LogP contribution in [0.4, 0.5) is 11.6 Å². The predicted molar refractivity (Wildman–Crippen MR) is 86.1 cm³/mol. The number of imidazole rings is 1. The van der Waals surface area contributed by atoms with Gasteiger partial charge in [-0.1, -0.05) is 23.7 Å². The van der Waals surface area contributed by atoms with Gasteiger partial charge in [-0.2, -0.15) is 0 Å². The third-order valence-electron chi connectivity index (χ3n) is 3.44. The number of anilines is 1. The van der Waals surface area contributed by atoms with Gasteiger partial charge in [-0.15, -0.1) is 0 Å². The van der Waals surface area contributed by atoms with Crippen LogP contribution in [-0.4, -0.2) is 14.5 Å². The molecular formula is C15H13ClN4O2. The van der Waals surface area contributed by atoms with Gasteiger partial charge in [-0.05, 0) is 23.8 Å². The molecule has 1 N–H and O–H groups in total. The zero-order chi connectivity index (χ0) is 15.7. The number of aromatic nitrogens is 2. The fourth-order valence-corrected chi connectivity index (χ4v) is 2.37. The van der Waals surface area contributed by atoms with Crippen LogP contribution in [0.25, 0.3) is 11.0 Å². The number of non-ortho nitro benzene ring substituents is 1. The van der Waals surface area contributed by atoms with E-state index in [1.807, 2.05) is 35.9 Å². The fraction of sp³-hybridized carbons (Fsp3) is 0.133. The molecule has 0 radical (unpaired) electrons. The summed E-state index contributed by atoms with van der Waals surface area (Å²) < 4.78 is 1.87. The number of rotatable bonds is 4. The Morgan fingerprint density at radius 1 is 1.27 bits per heavy atom. The van der Waals surface area contributed by atoms with Gasteiger partial charge in [0, 0.05) is 30.7 Å². The lowest BCUT2D eigenvalue weighted by atomic mass is 10.2. The number of fused-ring (bicyclic) bond motifs is 1. The van der Waals surface area contributed by atoms with Gasteiger partial charge < -0.3 is 9.88 Å². The third kappa shape index (κ3) is 2.73. The highest BCUT2D eigenvalue weighted by Gasteiger charge is 2.12. The molecule has 112 valence electrons. The molecule has 0 saturated heterocycles. The molecule has 0 aliphatic rings. The van der Waals surface area contributed by atoms with Gasteiger partial charge in [0.2, 0.25) is 5.95 Å².